The van der Waals surface area contributed by atoms with Gasteiger partial charge in [-0.2, -0.15) is 0 Å². The van der Waals surface area contributed by atoms with Crippen molar-refractivity contribution in [1.29, 1.82) is 0 Å². The Morgan fingerprint density at radius 3 is 2.67 bits per heavy atom. The summed E-state index contributed by atoms with van der Waals surface area (Å²) in [6.07, 6.45) is 8.15. The van der Waals surface area contributed by atoms with Crippen molar-refractivity contribution in [3.8, 4) is 0 Å². The number of aromatic nitrogens is 2. The van der Waals surface area contributed by atoms with Crippen molar-refractivity contribution in [2.24, 2.45) is 0 Å². The van der Waals surface area contributed by atoms with Crippen molar-refractivity contribution < 1.29 is 9.59 Å². The molecule has 27 heavy (non-hydrogen) atoms. The summed E-state index contributed by atoms with van der Waals surface area (Å²) in [7, 11) is 3.53. The molecular formula is C20H27N5O2. The van der Waals surface area contributed by atoms with Gasteiger partial charge in [0.2, 0.25) is 0 Å². The molecule has 1 aliphatic carbocycles. The van der Waals surface area contributed by atoms with Crippen LogP contribution >= 0.6 is 0 Å². The lowest BCUT2D eigenvalue weighted by Gasteiger charge is -2.27. The van der Waals surface area contributed by atoms with Crippen LogP contribution in [-0.2, 0) is 0 Å². The van der Waals surface area contributed by atoms with Crippen molar-refractivity contribution in [1.82, 2.24) is 24.5 Å². The summed E-state index contributed by atoms with van der Waals surface area (Å²) in [5, 5.41) is 3.14. The number of nitrogens with one attached hydrogen (secondary N) is 1. The minimum atomic E-state index is -0.111. The number of likely N-dealkylation sites (tertiary alicyclic amines) is 1. The Kier molecular flexibility index (Phi) is 4.76. The zero-order valence-electron chi connectivity index (χ0n) is 16.0. The molecule has 1 saturated heterocycles. The molecule has 7 heteroatoms. The summed E-state index contributed by atoms with van der Waals surface area (Å²) in [4.78, 5) is 33.7. The molecule has 0 aromatic carbocycles. The molecular weight excluding hydrogens is 342 g/mol. The van der Waals surface area contributed by atoms with Gasteiger partial charge in [0, 0.05) is 32.9 Å². The van der Waals surface area contributed by atoms with Gasteiger partial charge in [-0.25, -0.2) is 9.78 Å². The Bertz CT molecular complexity index is 853. The molecule has 1 atom stereocenters. The smallest absolute Gasteiger partial charge is 0.320 e. The fourth-order valence-electron chi connectivity index (χ4n) is 4.31. The second-order valence-corrected chi connectivity index (χ2v) is 7.76. The molecule has 0 radical (unpaired) electrons. The second-order valence-electron chi connectivity index (χ2n) is 7.76. The maximum absolute atomic E-state index is 12.9. The first-order chi connectivity index (χ1) is 13.1. The molecule has 1 aliphatic heterocycles. The number of rotatable bonds is 3. The first-order valence-electron chi connectivity index (χ1n) is 9.82. The van der Waals surface area contributed by atoms with Crippen LogP contribution < -0.4 is 5.32 Å². The highest BCUT2D eigenvalue weighted by molar-refractivity contribution is 5.99. The van der Waals surface area contributed by atoms with Crippen LogP contribution in [0.1, 0.15) is 60.9 Å². The number of hydrogen-bond acceptors (Lipinski definition) is 3. The summed E-state index contributed by atoms with van der Waals surface area (Å²) in [6, 6.07) is 5.91. The molecule has 0 spiro atoms. The lowest BCUT2D eigenvalue weighted by Crippen LogP contribution is -2.39. The summed E-state index contributed by atoms with van der Waals surface area (Å²) in [5.74, 6) is 0.662. The zero-order chi connectivity index (χ0) is 19.0. The average molecular weight is 369 g/mol. The van der Waals surface area contributed by atoms with E-state index in [-0.39, 0.29) is 24.0 Å². The van der Waals surface area contributed by atoms with Gasteiger partial charge < -0.3 is 19.5 Å². The molecule has 3 heterocycles. The molecule has 2 aromatic heterocycles. The maximum Gasteiger partial charge on any atom is 0.320 e. The van der Waals surface area contributed by atoms with Gasteiger partial charge in [-0.1, -0.05) is 18.9 Å². The summed E-state index contributed by atoms with van der Waals surface area (Å²) >= 11 is 0. The van der Waals surface area contributed by atoms with E-state index in [4.69, 9.17) is 4.98 Å². The monoisotopic (exact) mass is 369 g/mol. The average Bonchev–Trinajstić information content (AvgIpc) is 3.39. The Labute approximate surface area is 159 Å². The third kappa shape index (κ3) is 3.26. The largest absolute Gasteiger partial charge is 0.348 e. The molecule has 144 valence electrons. The van der Waals surface area contributed by atoms with E-state index in [1.165, 1.54) is 12.8 Å². The van der Waals surface area contributed by atoms with Crippen LogP contribution in [0.4, 0.5) is 4.79 Å². The van der Waals surface area contributed by atoms with Crippen LogP contribution in [0.5, 0.6) is 0 Å². The van der Waals surface area contributed by atoms with Crippen LogP contribution in [0.3, 0.4) is 0 Å². The predicted octanol–water partition coefficient (Wildman–Crippen LogP) is 2.83. The minimum absolute atomic E-state index is 0.0119. The quantitative estimate of drug-likeness (QED) is 0.904. The van der Waals surface area contributed by atoms with E-state index in [0.29, 0.717) is 12.2 Å². The third-order valence-corrected chi connectivity index (χ3v) is 5.66. The number of nitrogens with zero attached hydrogens (tertiary/aromatic N) is 4. The molecule has 0 unspecified atom stereocenters. The molecule has 1 saturated carbocycles. The Morgan fingerprint density at radius 1 is 1.15 bits per heavy atom. The van der Waals surface area contributed by atoms with Gasteiger partial charge in [0.05, 0.1) is 11.6 Å². The van der Waals surface area contributed by atoms with Gasteiger partial charge in [-0.05, 0) is 37.8 Å². The number of hydrogen-bond donors (Lipinski definition) is 1. The summed E-state index contributed by atoms with van der Waals surface area (Å²) in [6.45, 7) is 0.715. The van der Waals surface area contributed by atoms with Gasteiger partial charge in [-0.15, -0.1) is 0 Å². The minimum Gasteiger partial charge on any atom is -0.348 e. The Balaban J connectivity index is 1.69. The third-order valence-electron chi connectivity index (χ3n) is 5.66. The Hall–Kier alpha value is -2.57. The molecule has 4 rings (SSSR count). The normalized spacial score (nSPS) is 20.4. The van der Waals surface area contributed by atoms with Gasteiger partial charge in [0.1, 0.15) is 5.82 Å². The van der Waals surface area contributed by atoms with Gasteiger partial charge in [0.15, 0.2) is 5.69 Å². The maximum atomic E-state index is 12.9. The molecule has 7 nitrogen and oxygen atoms in total. The summed E-state index contributed by atoms with van der Waals surface area (Å²) < 4.78 is 1.97. The topological polar surface area (TPSA) is 70.0 Å². The van der Waals surface area contributed by atoms with Crippen LogP contribution in [0.2, 0.25) is 0 Å². The SMILES string of the molecule is CN(C)C(=O)N1CCC[C@H]1c1nc(C(=O)NC2CCCC2)c2ccccn12. The molecule has 0 bridgehead atoms. The second kappa shape index (κ2) is 7.21. The van der Waals surface area contributed by atoms with Crippen molar-refractivity contribution in [2.75, 3.05) is 20.6 Å². The van der Waals surface area contributed by atoms with Gasteiger partial charge >= 0.3 is 6.03 Å². The van der Waals surface area contributed by atoms with Crippen LogP contribution in [0.15, 0.2) is 24.4 Å². The lowest BCUT2D eigenvalue weighted by molar-refractivity contribution is 0.0934. The highest BCUT2D eigenvalue weighted by atomic mass is 16.2. The van der Waals surface area contributed by atoms with Crippen LogP contribution in [-0.4, -0.2) is 57.8 Å². The van der Waals surface area contributed by atoms with E-state index in [9.17, 15) is 9.59 Å². The zero-order valence-corrected chi connectivity index (χ0v) is 16.0. The number of carbonyl (C=O) groups is 2. The molecule has 2 aromatic rings. The van der Waals surface area contributed by atoms with Crippen molar-refractivity contribution >= 4 is 17.5 Å². The van der Waals surface area contributed by atoms with Crippen LogP contribution in [0.25, 0.3) is 5.52 Å². The number of urea groups is 1. The summed E-state index contributed by atoms with van der Waals surface area (Å²) in [5.41, 5.74) is 1.26. The number of fused-ring (bicyclic) bond motifs is 1. The standard InChI is InChI=1S/C20H27N5O2/c1-23(2)20(27)25-13-7-11-16(25)18-22-17(15-10-5-6-12-24(15)18)19(26)21-14-8-3-4-9-14/h5-6,10,12,14,16H,3-4,7-9,11,13H2,1-2H3,(H,21,26)/t16-/m0/s1. The molecule has 3 amide bonds. The van der Waals surface area contributed by atoms with Gasteiger partial charge in [-0.3, -0.25) is 4.79 Å². The van der Waals surface area contributed by atoms with E-state index < -0.39 is 0 Å². The van der Waals surface area contributed by atoms with E-state index in [1.54, 1.807) is 19.0 Å². The van der Waals surface area contributed by atoms with Crippen molar-refractivity contribution in [3.63, 3.8) is 0 Å². The molecule has 2 aliphatic rings. The fourth-order valence-corrected chi connectivity index (χ4v) is 4.31. The Morgan fingerprint density at radius 2 is 1.93 bits per heavy atom. The number of imidazole rings is 1. The number of carbonyl (C=O) groups excluding carboxylic acids is 2. The number of amides is 3. The first kappa shape index (κ1) is 17.8. The highest BCUT2D eigenvalue weighted by Gasteiger charge is 2.35. The van der Waals surface area contributed by atoms with Crippen LogP contribution in [0, 0.1) is 0 Å². The predicted molar refractivity (Wildman–Crippen MR) is 103 cm³/mol. The van der Waals surface area contributed by atoms with E-state index in [0.717, 1.165) is 37.0 Å². The van der Waals surface area contributed by atoms with E-state index in [2.05, 4.69) is 5.32 Å². The van der Waals surface area contributed by atoms with E-state index in [1.807, 2.05) is 33.7 Å². The van der Waals surface area contributed by atoms with Gasteiger partial charge in [0.25, 0.3) is 5.91 Å². The van der Waals surface area contributed by atoms with Crippen molar-refractivity contribution in [2.45, 2.75) is 50.6 Å². The van der Waals surface area contributed by atoms with Crippen molar-refractivity contribution in [3.05, 3.63) is 35.9 Å². The fraction of sp³-hybridized carbons (Fsp3) is 0.550. The molecule has 1 N–H and O–H groups in total. The van der Waals surface area contributed by atoms with E-state index >= 15 is 0 Å². The lowest BCUT2D eigenvalue weighted by atomic mass is 10.2. The highest BCUT2D eigenvalue weighted by Crippen LogP contribution is 2.33. The number of pyridine rings is 1. The first-order valence-corrected chi connectivity index (χ1v) is 9.82. The molecule has 2 fully saturated rings.